The number of morpholine rings is 1. The molecule has 3 unspecified atom stereocenters. The molecule has 7 heteroatoms. The molecule has 3 fully saturated rings. The number of halogens is 1. The van der Waals surface area contributed by atoms with E-state index in [9.17, 15) is 0 Å². The largest absolute Gasteiger partial charge is 0.379 e. The highest BCUT2D eigenvalue weighted by Gasteiger charge is 2.59. The first-order valence-electron chi connectivity index (χ1n) is 10.5. The average molecular weight is 494 g/mol. The number of hydrogen-bond acceptors (Lipinski definition) is 4. The molecule has 3 rings (SSSR count). The summed E-state index contributed by atoms with van der Waals surface area (Å²) in [6.07, 6.45) is 5.45. The maximum atomic E-state index is 5.97. The standard InChI is InChI=1S/C20H38N4O2.HI/c1-5-26-18-13-17(20(18)7-6-8-20)23-19(21-4)22-14-16(15(2)3)24-9-11-25-12-10-24;/h15-18H,5-14H2,1-4H3,(H2,21,22,23);1H. The van der Waals surface area contributed by atoms with E-state index in [-0.39, 0.29) is 24.0 Å². The molecular formula is C20H39IN4O2. The van der Waals surface area contributed by atoms with Gasteiger partial charge in [-0.25, -0.2) is 0 Å². The lowest BCUT2D eigenvalue weighted by atomic mass is 9.51. The molecule has 2 aliphatic carbocycles. The minimum absolute atomic E-state index is 0. The first-order valence-corrected chi connectivity index (χ1v) is 10.5. The number of hydrogen-bond donors (Lipinski definition) is 2. The first-order chi connectivity index (χ1) is 12.6. The van der Waals surface area contributed by atoms with Crippen LogP contribution < -0.4 is 10.6 Å². The van der Waals surface area contributed by atoms with Crippen LogP contribution in [0, 0.1) is 11.3 Å². The molecule has 1 saturated heterocycles. The van der Waals surface area contributed by atoms with Gasteiger partial charge in [0.25, 0.3) is 0 Å². The minimum atomic E-state index is 0. The summed E-state index contributed by atoms with van der Waals surface area (Å²) >= 11 is 0. The van der Waals surface area contributed by atoms with E-state index in [1.165, 1.54) is 19.3 Å². The lowest BCUT2D eigenvalue weighted by Crippen LogP contribution is -2.69. The minimum Gasteiger partial charge on any atom is -0.379 e. The van der Waals surface area contributed by atoms with Crippen molar-refractivity contribution < 1.29 is 9.47 Å². The number of guanidine groups is 1. The summed E-state index contributed by atoms with van der Waals surface area (Å²) in [5.74, 6) is 1.54. The van der Waals surface area contributed by atoms with Crippen LogP contribution in [0.3, 0.4) is 0 Å². The maximum absolute atomic E-state index is 5.97. The Morgan fingerprint density at radius 1 is 1.30 bits per heavy atom. The zero-order valence-corrected chi connectivity index (χ0v) is 19.8. The quantitative estimate of drug-likeness (QED) is 0.324. The van der Waals surface area contributed by atoms with Crippen molar-refractivity contribution in [3.05, 3.63) is 0 Å². The molecule has 2 N–H and O–H groups in total. The fourth-order valence-electron chi connectivity index (χ4n) is 4.90. The molecular weight excluding hydrogens is 455 g/mol. The third-order valence-electron chi connectivity index (χ3n) is 6.73. The van der Waals surface area contributed by atoms with E-state index in [1.54, 1.807) is 0 Å². The van der Waals surface area contributed by atoms with E-state index < -0.39 is 0 Å². The molecule has 0 radical (unpaired) electrons. The highest BCUT2D eigenvalue weighted by atomic mass is 127. The Bertz CT molecular complexity index is 479. The Balaban J connectivity index is 0.00000261. The van der Waals surface area contributed by atoms with Crippen LogP contribution in [0.1, 0.15) is 46.5 Å². The average Bonchev–Trinajstić information content (AvgIpc) is 2.58. The number of aliphatic imine (C=N–C) groups is 1. The van der Waals surface area contributed by atoms with E-state index in [4.69, 9.17) is 9.47 Å². The van der Waals surface area contributed by atoms with E-state index in [1.807, 2.05) is 7.05 Å². The molecule has 0 aromatic rings. The van der Waals surface area contributed by atoms with Crippen LogP contribution in [-0.4, -0.2) is 75.5 Å². The predicted molar refractivity (Wildman–Crippen MR) is 121 cm³/mol. The van der Waals surface area contributed by atoms with Gasteiger partial charge >= 0.3 is 0 Å². The van der Waals surface area contributed by atoms with Crippen molar-refractivity contribution >= 4 is 29.9 Å². The molecule has 3 aliphatic rings. The van der Waals surface area contributed by atoms with Crippen LogP contribution in [0.25, 0.3) is 0 Å². The molecule has 0 aromatic heterocycles. The maximum Gasteiger partial charge on any atom is 0.191 e. The fraction of sp³-hybridized carbons (Fsp3) is 0.950. The summed E-state index contributed by atoms with van der Waals surface area (Å²) in [6, 6.07) is 1.01. The zero-order valence-electron chi connectivity index (χ0n) is 17.5. The fourth-order valence-corrected chi connectivity index (χ4v) is 4.90. The highest BCUT2D eigenvalue weighted by Crippen LogP contribution is 2.57. The van der Waals surface area contributed by atoms with Crippen LogP contribution in [0.2, 0.25) is 0 Å². The molecule has 1 aliphatic heterocycles. The van der Waals surface area contributed by atoms with Crippen molar-refractivity contribution in [3.8, 4) is 0 Å². The van der Waals surface area contributed by atoms with Crippen molar-refractivity contribution in [2.45, 2.75) is 64.6 Å². The molecule has 6 nitrogen and oxygen atoms in total. The second kappa shape index (κ2) is 10.6. The summed E-state index contributed by atoms with van der Waals surface area (Å²) in [7, 11) is 1.88. The van der Waals surface area contributed by atoms with E-state index >= 15 is 0 Å². The summed E-state index contributed by atoms with van der Waals surface area (Å²) in [4.78, 5) is 7.04. The molecule has 0 bridgehead atoms. The van der Waals surface area contributed by atoms with E-state index in [2.05, 4.69) is 41.3 Å². The van der Waals surface area contributed by atoms with E-state index in [0.29, 0.717) is 29.5 Å². The molecule has 27 heavy (non-hydrogen) atoms. The third-order valence-corrected chi connectivity index (χ3v) is 6.73. The van der Waals surface area contributed by atoms with Gasteiger partial charge in [0.2, 0.25) is 0 Å². The third kappa shape index (κ3) is 5.08. The van der Waals surface area contributed by atoms with Crippen LogP contribution in [0.4, 0.5) is 0 Å². The van der Waals surface area contributed by atoms with Crippen molar-refractivity contribution in [3.63, 3.8) is 0 Å². The molecule has 0 amide bonds. The van der Waals surface area contributed by atoms with Crippen LogP contribution >= 0.6 is 24.0 Å². The van der Waals surface area contributed by atoms with Gasteiger partial charge in [-0.15, -0.1) is 24.0 Å². The number of ether oxygens (including phenoxy) is 2. The second-order valence-electron chi connectivity index (χ2n) is 8.38. The van der Waals surface area contributed by atoms with Gasteiger partial charge in [-0.2, -0.15) is 0 Å². The Labute approximate surface area is 182 Å². The van der Waals surface area contributed by atoms with Gasteiger partial charge in [-0.05, 0) is 32.1 Å². The summed E-state index contributed by atoms with van der Waals surface area (Å²) < 4.78 is 11.5. The molecule has 1 heterocycles. The molecule has 3 atom stereocenters. The van der Waals surface area contributed by atoms with Gasteiger partial charge in [0, 0.05) is 50.8 Å². The van der Waals surface area contributed by atoms with Gasteiger partial charge in [0.15, 0.2) is 5.96 Å². The number of nitrogens with zero attached hydrogens (tertiary/aromatic N) is 2. The lowest BCUT2D eigenvalue weighted by molar-refractivity contribution is -0.168. The topological polar surface area (TPSA) is 58.1 Å². The lowest BCUT2D eigenvalue weighted by Gasteiger charge is -2.61. The Morgan fingerprint density at radius 2 is 2.00 bits per heavy atom. The Kier molecular flexibility index (Phi) is 9.09. The number of rotatable bonds is 7. The van der Waals surface area contributed by atoms with Crippen molar-refractivity contribution in [1.82, 2.24) is 15.5 Å². The second-order valence-corrected chi connectivity index (χ2v) is 8.38. The van der Waals surface area contributed by atoms with Crippen molar-refractivity contribution in [1.29, 1.82) is 0 Å². The first kappa shape index (κ1) is 23.2. The van der Waals surface area contributed by atoms with Crippen molar-refractivity contribution in [2.24, 2.45) is 16.3 Å². The molecule has 158 valence electrons. The highest BCUT2D eigenvalue weighted by molar-refractivity contribution is 14.0. The van der Waals surface area contributed by atoms with Gasteiger partial charge in [-0.3, -0.25) is 9.89 Å². The van der Waals surface area contributed by atoms with Crippen LogP contribution in [0.15, 0.2) is 4.99 Å². The van der Waals surface area contributed by atoms with Gasteiger partial charge in [-0.1, -0.05) is 20.3 Å². The normalized spacial score (nSPS) is 28.9. The summed E-state index contributed by atoms with van der Waals surface area (Å²) in [5.41, 5.74) is 0.356. The molecule has 0 aromatic carbocycles. The SMILES string of the molecule is CCOC1CC(NC(=NC)NCC(C(C)C)N2CCOCC2)C12CCC2.I. The zero-order chi connectivity index (χ0) is 18.6. The van der Waals surface area contributed by atoms with Crippen molar-refractivity contribution in [2.75, 3.05) is 46.5 Å². The molecule has 2 saturated carbocycles. The summed E-state index contributed by atoms with van der Waals surface area (Å²) in [6.45, 7) is 12.2. The predicted octanol–water partition coefficient (Wildman–Crippen LogP) is 2.47. The van der Waals surface area contributed by atoms with Gasteiger partial charge in [0.05, 0.1) is 19.3 Å². The van der Waals surface area contributed by atoms with Gasteiger partial charge < -0.3 is 20.1 Å². The Hall–Kier alpha value is -0.120. The van der Waals surface area contributed by atoms with Crippen LogP contribution in [0.5, 0.6) is 0 Å². The molecule has 1 spiro atoms. The Morgan fingerprint density at radius 3 is 2.52 bits per heavy atom. The number of nitrogens with one attached hydrogen (secondary N) is 2. The van der Waals surface area contributed by atoms with E-state index in [0.717, 1.165) is 51.8 Å². The van der Waals surface area contributed by atoms with Gasteiger partial charge in [0.1, 0.15) is 0 Å². The van der Waals surface area contributed by atoms with Crippen LogP contribution in [-0.2, 0) is 9.47 Å². The monoisotopic (exact) mass is 494 g/mol. The summed E-state index contributed by atoms with van der Waals surface area (Å²) in [5, 5.41) is 7.29. The smallest absolute Gasteiger partial charge is 0.191 e.